The van der Waals surface area contributed by atoms with Gasteiger partial charge >= 0.3 is 11.9 Å². The van der Waals surface area contributed by atoms with E-state index in [4.69, 9.17) is 0 Å². The van der Waals surface area contributed by atoms with Gasteiger partial charge in [-0.15, -0.1) is 0 Å². The van der Waals surface area contributed by atoms with Crippen molar-refractivity contribution >= 4 is 11.9 Å². The maximum absolute atomic E-state index is 11.4. The second kappa shape index (κ2) is 6.95. The van der Waals surface area contributed by atoms with Crippen molar-refractivity contribution in [2.45, 2.75) is 58.3 Å². The highest BCUT2D eigenvalue weighted by Crippen LogP contribution is 2.53. The summed E-state index contributed by atoms with van der Waals surface area (Å²) in [6.45, 7) is 2.18. The number of hydrogen-bond donors (Lipinski definition) is 2. The van der Waals surface area contributed by atoms with Crippen molar-refractivity contribution in [1.82, 2.24) is 0 Å². The van der Waals surface area contributed by atoms with Crippen LogP contribution in [0.2, 0.25) is 0 Å². The molecule has 0 amide bonds. The van der Waals surface area contributed by atoms with Gasteiger partial charge in [0.1, 0.15) is 0 Å². The minimum absolute atomic E-state index is 0.128. The van der Waals surface area contributed by atoms with Crippen molar-refractivity contribution in [2.24, 2.45) is 5.41 Å². The van der Waals surface area contributed by atoms with Gasteiger partial charge < -0.3 is 10.2 Å². The molecular weight excluding hydrogens is 280 g/mol. The van der Waals surface area contributed by atoms with E-state index in [1.807, 2.05) is 0 Å². The van der Waals surface area contributed by atoms with Crippen LogP contribution in [0.3, 0.4) is 0 Å². The lowest BCUT2D eigenvalue weighted by atomic mass is 9.86. The number of hydrogen-bond acceptors (Lipinski definition) is 2. The van der Waals surface area contributed by atoms with Gasteiger partial charge in [0.2, 0.25) is 0 Å². The molecule has 1 aromatic rings. The quantitative estimate of drug-likeness (QED) is 0.664. The van der Waals surface area contributed by atoms with Crippen LogP contribution in [0.1, 0.15) is 78.1 Å². The zero-order valence-electron chi connectivity index (χ0n) is 13.1. The van der Waals surface area contributed by atoms with Gasteiger partial charge in [-0.2, -0.15) is 0 Å². The number of unbranched alkanes of at least 4 members (excludes halogenated alkanes) is 3. The highest BCUT2D eigenvalue weighted by atomic mass is 16.4. The average molecular weight is 304 g/mol. The third-order valence-corrected chi connectivity index (χ3v) is 4.71. The minimum Gasteiger partial charge on any atom is -0.478 e. The van der Waals surface area contributed by atoms with E-state index in [0.29, 0.717) is 12.0 Å². The summed E-state index contributed by atoms with van der Waals surface area (Å²) in [5.41, 5.74) is 0.902. The summed E-state index contributed by atoms with van der Waals surface area (Å²) in [6, 6.07) is 4.53. The Hall–Kier alpha value is -1.84. The summed E-state index contributed by atoms with van der Waals surface area (Å²) in [5, 5.41) is 18.7. The first-order valence-electron chi connectivity index (χ1n) is 8.07. The van der Waals surface area contributed by atoms with Gasteiger partial charge in [0.15, 0.2) is 0 Å². The Kier molecular flexibility index (Phi) is 5.22. The van der Waals surface area contributed by atoms with Crippen molar-refractivity contribution in [3.8, 4) is 0 Å². The molecule has 120 valence electrons. The van der Waals surface area contributed by atoms with E-state index in [2.05, 4.69) is 6.92 Å². The molecule has 22 heavy (non-hydrogen) atoms. The highest BCUT2D eigenvalue weighted by molar-refractivity contribution is 5.96. The Bertz CT molecular complexity index is 526. The number of aromatic carboxylic acids is 2. The van der Waals surface area contributed by atoms with Gasteiger partial charge in [0.05, 0.1) is 11.1 Å². The molecule has 0 aliphatic heterocycles. The Labute approximate surface area is 131 Å². The molecule has 0 radical (unpaired) electrons. The summed E-state index contributed by atoms with van der Waals surface area (Å²) >= 11 is 0. The molecule has 0 spiro atoms. The molecule has 1 aliphatic carbocycles. The fourth-order valence-electron chi connectivity index (χ4n) is 3.17. The van der Waals surface area contributed by atoms with Gasteiger partial charge in [-0.05, 0) is 48.8 Å². The molecule has 0 aromatic heterocycles. The van der Waals surface area contributed by atoms with Crippen molar-refractivity contribution in [1.29, 1.82) is 0 Å². The van der Waals surface area contributed by atoms with Crippen LogP contribution in [0.25, 0.3) is 0 Å². The second-order valence-electron chi connectivity index (χ2n) is 6.43. The minimum atomic E-state index is -1.04. The van der Waals surface area contributed by atoms with Crippen LogP contribution in [0.4, 0.5) is 0 Å². The van der Waals surface area contributed by atoms with Gasteiger partial charge in [0, 0.05) is 0 Å². The van der Waals surface area contributed by atoms with E-state index in [1.165, 1.54) is 37.5 Å². The molecular formula is C18H24O4. The summed E-state index contributed by atoms with van der Waals surface area (Å²) in [4.78, 5) is 22.8. The zero-order valence-corrected chi connectivity index (χ0v) is 13.1. The van der Waals surface area contributed by atoms with E-state index >= 15 is 0 Å². The summed E-state index contributed by atoms with van der Waals surface area (Å²) < 4.78 is 0. The molecule has 1 aromatic carbocycles. The van der Waals surface area contributed by atoms with E-state index in [0.717, 1.165) is 25.7 Å². The first kappa shape index (κ1) is 16.5. The van der Waals surface area contributed by atoms with Crippen LogP contribution in [0.5, 0.6) is 0 Å². The lowest BCUT2D eigenvalue weighted by Crippen LogP contribution is -2.15. The predicted octanol–water partition coefficient (Wildman–Crippen LogP) is 4.38. The largest absolute Gasteiger partial charge is 0.478 e. The second-order valence-corrected chi connectivity index (χ2v) is 6.43. The maximum Gasteiger partial charge on any atom is 0.335 e. The van der Waals surface area contributed by atoms with Crippen LogP contribution in [0, 0.1) is 5.41 Å². The average Bonchev–Trinajstić information content (AvgIpc) is 3.23. The number of carbonyl (C=O) groups is 2. The molecule has 0 saturated heterocycles. The molecule has 4 heteroatoms. The topological polar surface area (TPSA) is 74.6 Å². The predicted molar refractivity (Wildman–Crippen MR) is 84.5 cm³/mol. The van der Waals surface area contributed by atoms with Crippen molar-refractivity contribution in [3.05, 3.63) is 34.9 Å². The van der Waals surface area contributed by atoms with Crippen LogP contribution in [-0.4, -0.2) is 22.2 Å². The van der Waals surface area contributed by atoms with Crippen molar-refractivity contribution < 1.29 is 19.8 Å². The maximum atomic E-state index is 11.4. The van der Waals surface area contributed by atoms with Crippen molar-refractivity contribution in [3.63, 3.8) is 0 Å². The Morgan fingerprint density at radius 1 is 1.05 bits per heavy atom. The van der Waals surface area contributed by atoms with E-state index in [1.54, 1.807) is 0 Å². The lowest BCUT2D eigenvalue weighted by Gasteiger charge is -2.18. The monoisotopic (exact) mass is 304 g/mol. The Morgan fingerprint density at radius 2 is 1.64 bits per heavy atom. The van der Waals surface area contributed by atoms with Gasteiger partial charge in [-0.3, -0.25) is 0 Å². The molecule has 2 rings (SSSR count). The third kappa shape index (κ3) is 3.87. The summed E-state index contributed by atoms with van der Waals surface area (Å²) in [5.74, 6) is -2.08. The smallest absolute Gasteiger partial charge is 0.335 e. The van der Waals surface area contributed by atoms with E-state index in [9.17, 15) is 19.8 Å². The molecule has 0 atom stereocenters. The number of rotatable bonds is 9. The molecule has 0 heterocycles. The van der Waals surface area contributed by atoms with Crippen LogP contribution >= 0.6 is 0 Å². The normalized spacial score (nSPS) is 15.5. The molecule has 0 unspecified atom stereocenters. The highest BCUT2D eigenvalue weighted by Gasteiger charge is 2.43. The molecule has 1 aliphatic rings. The van der Waals surface area contributed by atoms with Crippen molar-refractivity contribution in [2.75, 3.05) is 0 Å². The SMILES string of the molecule is CCCCCCC1(Cc2c(C(=O)O)cccc2C(=O)O)CC1. The molecule has 0 bridgehead atoms. The number of carboxylic acids is 2. The van der Waals surface area contributed by atoms with Crippen LogP contribution in [0.15, 0.2) is 18.2 Å². The Balaban J connectivity index is 2.17. The first-order chi connectivity index (χ1) is 10.5. The van der Waals surface area contributed by atoms with E-state index < -0.39 is 11.9 Å². The molecule has 1 fully saturated rings. The number of benzene rings is 1. The molecule has 4 nitrogen and oxygen atoms in total. The van der Waals surface area contributed by atoms with Gasteiger partial charge in [0.25, 0.3) is 0 Å². The van der Waals surface area contributed by atoms with Crippen LogP contribution < -0.4 is 0 Å². The lowest BCUT2D eigenvalue weighted by molar-refractivity contribution is 0.0695. The Morgan fingerprint density at radius 3 is 2.09 bits per heavy atom. The fraction of sp³-hybridized carbons (Fsp3) is 0.556. The fourth-order valence-corrected chi connectivity index (χ4v) is 3.17. The molecule has 2 N–H and O–H groups in total. The van der Waals surface area contributed by atoms with Gasteiger partial charge in [-0.1, -0.05) is 38.7 Å². The molecule has 1 saturated carbocycles. The summed E-state index contributed by atoms with van der Waals surface area (Å²) in [6.07, 6.45) is 8.55. The van der Waals surface area contributed by atoms with E-state index in [-0.39, 0.29) is 16.5 Å². The first-order valence-corrected chi connectivity index (χ1v) is 8.07. The number of carboxylic acid groups (broad SMARTS) is 2. The standard InChI is InChI=1S/C18H24O4/c1-2-3-4-5-9-18(10-11-18)12-15-13(16(19)20)7-6-8-14(15)17(21)22/h6-8H,2-5,9-12H2,1H3,(H,19,20)(H,21,22). The van der Waals surface area contributed by atoms with Gasteiger partial charge in [-0.25, -0.2) is 9.59 Å². The zero-order chi connectivity index (χ0) is 16.2. The third-order valence-electron chi connectivity index (χ3n) is 4.71. The summed E-state index contributed by atoms with van der Waals surface area (Å²) in [7, 11) is 0. The van der Waals surface area contributed by atoms with Crippen LogP contribution in [-0.2, 0) is 6.42 Å².